The van der Waals surface area contributed by atoms with Crippen LogP contribution < -0.4 is 4.90 Å². The van der Waals surface area contributed by atoms with Crippen LogP contribution in [0.4, 0.5) is 5.69 Å². The Morgan fingerprint density at radius 2 is 1.92 bits per heavy atom. The van der Waals surface area contributed by atoms with E-state index >= 15 is 0 Å². The van der Waals surface area contributed by atoms with Gasteiger partial charge in [0, 0.05) is 12.6 Å². The molecule has 2 rings (SSSR count). The van der Waals surface area contributed by atoms with Gasteiger partial charge in [-0.2, -0.15) is 0 Å². The van der Waals surface area contributed by atoms with Crippen molar-refractivity contribution >= 4 is 17.4 Å². The van der Waals surface area contributed by atoms with Gasteiger partial charge in [-0.05, 0) is 12.1 Å². The molecule has 1 aromatic rings. The third-order valence-electron chi connectivity index (χ3n) is 2.25. The molecule has 1 aliphatic heterocycles. The molecule has 1 aliphatic rings. The zero-order valence-corrected chi connectivity index (χ0v) is 7.28. The van der Waals surface area contributed by atoms with Crippen LogP contribution in [0.15, 0.2) is 24.3 Å². The van der Waals surface area contributed by atoms with Crippen LogP contribution in [-0.2, 0) is 4.79 Å². The van der Waals surface area contributed by atoms with Gasteiger partial charge < -0.3 is 4.90 Å². The molecule has 1 aromatic carbocycles. The molecule has 1 heterocycles. The van der Waals surface area contributed by atoms with Crippen molar-refractivity contribution in [3.8, 4) is 0 Å². The molecular formula is C10H9NO2. The molecule has 13 heavy (non-hydrogen) atoms. The Morgan fingerprint density at radius 1 is 1.23 bits per heavy atom. The zero-order chi connectivity index (χ0) is 9.42. The van der Waals surface area contributed by atoms with Gasteiger partial charge in [-0.15, -0.1) is 0 Å². The molecule has 0 spiro atoms. The van der Waals surface area contributed by atoms with Gasteiger partial charge >= 0.3 is 0 Å². The first-order chi connectivity index (χ1) is 6.20. The Morgan fingerprint density at radius 3 is 2.69 bits per heavy atom. The van der Waals surface area contributed by atoms with Gasteiger partial charge in [0.1, 0.15) is 0 Å². The summed E-state index contributed by atoms with van der Waals surface area (Å²) in [7, 11) is 1.69. The highest BCUT2D eigenvalue weighted by atomic mass is 16.2. The monoisotopic (exact) mass is 175 g/mol. The number of fused-ring (bicyclic) bond motifs is 1. The average Bonchev–Trinajstić information content (AvgIpc) is 2.15. The molecule has 1 amide bonds. The Labute approximate surface area is 76.0 Å². The minimum atomic E-state index is -0.135. The topological polar surface area (TPSA) is 37.4 Å². The summed E-state index contributed by atoms with van der Waals surface area (Å²) >= 11 is 0. The van der Waals surface area contributed by atoms with Crippen LogP contribution in [0.1, 0.15) is 16.8 Å². The van der Waals surface area contributed by atoms with E-state index < -0.39 is 0 Å². The van der Waals surface area contributed by atoms with E-state index in [1.54, 1.807) is 25.2 Å². The average molecular weight is 175 g/mol. The van der Waals surface area contributed by atoms with Crippen LogP contribution in [0.5, 0.6) is 0 Å². The van der Waals surface area contributed by atoms with Gasteiger partial charge in [0.15, 0.2) is 5.78 Å². The quantitative estimate of drug-likeness (QED) is 0.556. The lowest BCUT2D eigenvalue weighted by Gasteiger charge is -2.24. The maximum atomic E-state index is 11.4. The van der Waals surface area contributed by atoms with E-state index in [-0.39, 0.29) is 18.1 Å². The van der Waals surface area contributed by atoms with Gasteiger partial charge in [-0.25, -0.2) is 0 Å². The molecule has 3 heteroatoms. The van der Waals surface area contributed by atoms with Crippen molar-refractivity contribution in [2.75, 3.05) is 11.9 Å². The van der Waals surface area contributed by atoms with Crippen LogP contribution in [0.25, 0.3) is 0 Å². The van der Waals surface area contributed by atoms with E-state index in [2.05, 4.69) is 0 Å². The van der Waals surface area contributed by atoms with Crippen molar-refractivity contribution in [2.45, 2.75) is 6.42 Å². The summed E-state index contributed by atoms with van der Waals surface area (Å²) < 4.78 is 0. The summed E-state index contributed by atoms with van der Waals surface area (Å²) in [4.78, 5) is 24.2. The van der Waals surface area contributed by atoms with Crippen LogP contribution in [0.3, 0.4) is 0 Å². The minimum Gasteiger partial charge on any atom is -0.314 e. The second-order valence-corrected chi connectivity index (χ2v) is 3.07. The largest absolute Gasteiger partial charge is 0.314 e. The second kappa shape index (κ2) is 2.69. The number of hydrogen-bond donors (Lipinski definition) is 0. The number of hydrogen-bond acceptors (Lipinski definition) is 2. The molecule has 66 valence electrons. The molecule has 0 saturated heterocycles. The highest BCUT2D eigenvalue weighted by Crippen LogP contribution is 2.25. The zero-order valence-electron chi connectivity index (χ0n) is 7.28. The SMILES string of the molecule is CN1C(=O)CC(=O)c2ccccc21. The number of carbonyl (C=O) groups excluding carboxylic acids is 2. The Balaban J connectivity index is 2.60. The van der Waals surface area contributed by atoms with Crippen molar-refractivity contribution in [3.05, 3.63) is 29.8 Å². The van der Waals surface area contributed by atoms with Gasteiger partial charge in [0.2, 0.25) is 5.91 Å². The van der Waals surface area contributed by atoms with Crippen molar-refractivity contribution in [2.24, 2.45) is 0 Å². The maximum Gasteiger partial charge on any atom is 0.234 e. The van der Waals surface area contributed by atoms with Crippen molar-refractivity contribution in [1.29, 1.82) is 0 Å². The fraction of sp³-hybridized carbons (Fsp3) is 0.200. The molecule has 0 saturated carbocycles. The van der Waals surface area contributed by atoms with Gasteiger partial charge in [0.05, 0.1) is 12.1 Å². The molecule has 3 nitrogen and oxygen atoms in total. The molecular weight excluding hydrogens is 166 g/mol. The second-order valence-electron chi connectivity index (χ2n) is 3.07. The predicted octanol–water partition coefficient (Wildman–Crippen LogP) is 1.24. The summed E-state index contributed by atoms with van der Waals surface area (Å²) in [5.74, 6) is -0.220. The molecule has 0 atom stereocenters. The van der Waals surface area contributed by atoms with Gasteiger partial charge in [0.25, 0.3) is 0 Å². The number of benzene rings is 1. The summed E-state index contributed by atoms with van der Waals surface area (Å²) in [6.07, 6.45) is -0.00644. The lowest BCUT2D eigenvalue weighted by Crippen LogP contribution is -2.33. The fourth-order valence-electron chi connectivity index (χ4n) is 1.49. The lowest BCUT2D eigenvalue weighted by atomic mass is 10.0. The first-order valence-electron chi connectivity index (χ1n) is 4.09. The molecule has 0 N–H and O–H groups in total. The van der Waals surface area contributed by atoms with Crippen LogP contribution >= 0.6 is 0 Å². The Hall–Kier alpha value is -1.64. The maximum absolute atomic E-state index is 11.4. The Bertz CT molecular complexity index is 384. The summed E-state index contributed by atoms with van der Waals surface area (Å²) in [6, 6.07) is 7.16. The number of ketones is 1. The molecule has 0 fully saturated rings. The van der Waals surface area contributed by atoms with Gasteiger partial charge in [-0.3, -0.25) is 9.59 Å². The first kappa shape index (κ1) is 7.98. The standard InChI is InChI=1S/C10H9NO2/c1-11-8-5-3-2-4-7(8)9(12)6-10(11)13/h2-5H,6H2,1H3. The highest BCUT2D eigenvalue weighted by Gasteiger charge is 2.26. The summed E-state index contributed by atoms with van der Waals surface area (Å²) in [5, 5.41) is 0. The number of Topliss-reactive ketones (excluding diaryl/α,β-unsaturated/α-hetero) is 1. The van der Waals surface area contributed by atoms with E-state index in [1.807, 2.05) is 6.07 Å². The van der Waals surface area contributed by atoms with Crippen molar-refractivity contribution < 1.29 is 9.59 Å². The third kappa shape index (κ3) is 1.13. The molecule has 0 aromatic heterocycles. The number of anilines is 1. The van der Waals surface area contributed by atoms with Crippen molar-refractivity contribution in [3.63, 3.8) is 0 Å². The Kier molecular flexibility index (Phi) is 1.65. The van der Waals surface area contributed by atoms with Crippen LogP contribution in [0, 0.1) is 0 Å². The highest BCUT2D eigenvalue weighted by molar-refractivity contribution is 6.19. The lowest BCUT2D eigenvalue weighted by molar-refractivity contribution is -0.117. The number of carbonyl (C=O) groups is 2. The van der Waals surface area contributed by atoms with E-state index in [4.69, 9.17) is 0 Å². The minimum absolute atomic E-state index is 0.00644. The number of para-hydroxylation sites is 1. The van der Waals surface area contributed by atoms with E-state index in [0.717, 1.165) is 0 Å². The summed E-state index contributed by atoms with van der Waals surface area (Å²) in [6.45, 7) is 0. The molecule has 0 unspecified atom stereocenters. The molecule has 0 radical (unpaired) electrons. The van der Waals surface area contributed by atoms with E-state index in [9.17, 15) is 9.59 Å². The van der Waals surface area contributed by atoms with Crippen LogP contribution in [-0.4, -0.2) is 18.7 Å². The van der Waals surface area contributed by atoms with E-state index in [0.29, 0.717) is 11.3 Å². The number of rotatable bonds is 0. The fourth-order valence-corrected chi connectivity index (χ4v) is 1.49. The first-order valence-corrected chi connectivity index (χ1v) is 4.09. The number of amides is 1. The van der Waals surface area contributed by atoms with Gasteiger partial charge in [-0.1, -0.05) is 12.1 Å². The third-order valence-corrected chi connectivity index (χ3v) is 2.25. The molecule has 0 bridgehead atoms. The van der Waals surface area contributed by atoms with Crippen molar-refractivity contribution in [1.82, 2.24) is 0 Å². The van der Waals surface area contributed by atoms with Crippen LogP contribution in [0.2, 0.25) is 0 Å². The normalized spacial score (nSPS) is 15.9. The number of nitrogens with zero attached hydrogens (tertiary/aromatic N) is 1. The predicted molar refractivity (Wildman–Crippen MR) is 48.8 cm³/mol. The molecule has 0 aliphatic carbocycles. The smallest absolute Gasteiger partial charge is 0.234 e. The van der Waals surface area contributed by atoms with E-state index in [1.165, 1.54) is 4.90 Å². The summed E-state index contributed by atoms with van der Waals surface area (Å²) in [5.41, 5.74) is 1.35.